The molecule has 19 heteroatoms. The van der Waals surface area contributed by atoms with Crippen molar-refractivity contribution in [2.24, 2.45) is 11.8 Å². The maximum absolute atomic E-state index is 14.2. The van der Waals surface area contributed by atoms with Gasteiger partial charge in [-0.05, 0) is 98.9 Å². The van der Waals surface area contributed by atoms with Gasteiger partial charge in [0.1, 0.15) is 6.61 Å². The topological polar surface area (TPSA) is 102 Å². The maximum Gasteiger partial charge on any atom is 0.416 e. The Morgan fingerprint density at radius 3 is 1.91 bits per heavy atom. The van der Waals surface area contributed by atoms with E-state index in [2.05, 4.69) is 9.97 Å². The van der Waals surface area contributed by atoms with E-state index in [1.54, 1.807) is 6.92 Å². The molecule has 310 valence electrons. The van der Waals surface area contributed by atoms with Crippen LogP contribution in [0.3, 0.4) is 0 Å². The monoisotopic (exact) mass is 826 g/mol. The number of carbonyl (C=O) groups is 1. The molecule has 2 aromatic carbocycles. The predicted octanol–water partition coefficient (Wildman–Crippen LogP) is 8.92. The quantitative estimate of drug-likeness (QED) is 0.110. The van der Waals surface area contributed by atoms with Crippen LogP contribution < -0.4 is 14.5 Å². The molecule has 1 aromatic heterocycles. The molecule has 56 heavy (non-hydrogen) atoms. The Morgan fingerprint density at radius 2 is 1.41 bits per heavy atom. The van der Waals surface area contributed by atoms with E-state index in [9.17, 15) is 52.7 Å². The number of hydrogen-bond acceptors (Lipinski definition) is 9. The van der Waals surface area contributed by atoms with Crippen LogP contribution in [0.15, 0.2) is 48.8 Å². The van der Waals surface area contributed by atoms with Crippen molar-refractivity contribution in [3.63, 3.8) is 0 Å². The molecule has 1 saturated carbocycles. The summed E-state index contributed by atoms with van der Waals surface area (Å²) in [6.07, 6.45) is -8.69. The van der Waals surface area contributed by atoms with Crippen LogP contribution in [0.2, 0.25) is 0 Å². The fraction of sp³-hybridized carbons (Fsp3) is 0.541. The molecule has 1 fully saturated rings. The molecule has 0 aliphatic heterocycles. The SMILES string of the molecule is CCN(C[C@H]1CC[C@H](CC(=O)OC)CC1)c1ccc(C(F)(F)F)cc1CN(c1ncc(OCCS(C)(=O)=O)cn1)[C@H](C)c1cc(C(F)(F)F)cc(C(F)(F)F)c1. The van der Waals surface area contributed by atoms with E-state index < -0.39 is 63.2 Å². The van der Waals surface area contributed by atoms with Crippen molar-refractivity contribution in [1.82, 2.24) is 9.97 Å². The van der Waals surface area contributed by atoms with Crippen LogP contribution >= 0.6 is 0 Å². The fourth-order valence-electron chi connectivity index (χ4n) is 6.65. The highest BCUT2D eigenvalue weighted by molar-refractivity contribution is 7.90. The molecule has 0 N–H and O–H groups in total. The van der Waals surface area contributed by atoms with E-state index in [1.807, 2.05) is 4.90 Å². The van der Waals surface area contributed by atoms with E-state index >= 15 is 0 Å². The van der Waals surface area contributed by atoms with E-state index in [0.717, 1.165) is 56.5 Å². The van der Waals surface area contributed by atoms with E-state index in [-0.39, 0.29) is 59.9 Å². The average molecular weight is 827 g/mol. The molecule has 1 aliphatic carbocycles. The zero-order valence-electron chi connectivity index (χ0n) is 31.1. The summed E-state index contributed by atoms with van der Waals surface area (Å²) < 4.78 is 159. The van der Waals surface area contributed by atoms with Crippen molar-refractivity contribution in [2.75, 3.05) is 48.6 Å². The number of sulfone groups is 1. The minimum atomic E-state index is -5.17. The highest BCUT2D eigenvalue weighted by Gasteiger charge is 2.38. The first-order valence-electron chi connectivity index (χ1n) is 17.7. The van der Waals surface area contributed by atoms with E-state index in [1.165, 1.54) is 25.0 Å². The van der Waals surface area contributed by atoms with Gasteiger partial charge in [0, 0.05) is 38.0 Å². The third-order valence-electron chi connectivity index (χ3n) is 9.75. The molecule has 0 bridgehead atoms. The third-order valence-corrected chi connectivity index (χ3v) is 10.7. The lowest BCUT2D eigenvalue weighted by Crippen LogP contribution is -2.34. The number of esters is 1. The summed E-state index contributed by atoms with van der Waals surface area (Å²) in [6.45, 7) is 3.08. The van der Waals surface area contributed by atoms with Crippen molar-refractivity contribution in [2.45, 2.75) is 77.1 Å². The second kappa shape index (κ2) is 17.9. The number of alkyl halides is 9. The fourth-order valence-corrected chi connectivity index (χ4v) is 7.04. The van der Waals surface area contributed by atoms with Crippen molar-refractivity contribution in [3.8, 4) is 5.75 Å². The van der Waals surface area contributed by atoms with Gasteiger partial charge < -0.3 is 19.3 Å². The Labute approximate surface area is 319 Å². The van der Waals surface area contributed by atoms with Crippen molar-refractivity contribution >= 4 is 27.4 Å². The summed E-state index contributed by atoms with van der Waals surface area (Å²) in [6, 6.07) is 2.77. The first-order chi connectivity index (χ1) is 26.0. The number of carbonyl (C=O) groups excluding carboxylic acids is 1. The lowest BCUT2D eigenvalue weighted by molar-refractivity contribution is -0.144. The number of ether oxygens (including phenoxy) is 2. The summed E-state index contributed by atoms with van der Waals surface area (Å²) in [7, 11) is -2.09. The lowest BCUT2D eigenvalue weighted by atomic mass is 9.80. The molecular formula is C37H43F9N4O5S. The zero-order chi connectivity index (χ0) is 41.6. The molecule has 0 saturated heterocycles. The van der Waals surface area contributed by atoms with E-state index in [4.69, 9.17) is 9.47 Å². The van der Waals surface area contributed by atoms with Crippen LogP contribution in [0.1, 0.15) is 79.8 Å². The molecule has 9 nitrogen and oxygen atoms in total. The largest absolute Gasteiger partial charge is 0.489 e. The number of aromatic nitrogens is 2. The second-order valence-electron chi connectivity index (χ2n) is 13.9. The van der Waals surface area contributed by atoms with Gasteiger partial charge in [-0.1, -0.05) is 0 Å². The van der Waals surface area contributed by atoms with Gasteiger partial charge in [-0.3, -0.25) is 4.79 Å². The molecule has 0 radical (unpaired) electrons. The first-order valence-corrected chi connectivity index (χ1v) is 19.7. The highest BCUT2D eigenvalue weighted by atomic mass is 32.2. The summed E-state index contributed by atoms with van der Waals surface area (Å²) in [4.78, 5) is 23.3. The molecule has 0 amide bonds. The Morgan fingerprint density at radius 1 is 0.857 bits per heavy atom. The van der Waals surface area contributed by atoms with Crippen LogP contribution in [0.4, 0.5) is 51.1 Å². The van der Waals surface area contributed by atoms with E-state index in [0.29, 0.717) is 30.9 Å². The highest BCUT2D eigenvalue weighted by Crippen LogP contribution is 2.41. The number of hydrogen-bond donors (Lipinski definition) is 0. The zero-order valence-corrected chi connectivity index (χ0v) is 31.9. The van der Waals surface area contributed by atoms with Gasteiger partial charge in [0.05, 0.1) is 48.0 Å². The van der Waals surface area contributed by atoms with Crippen LogP contribution in [-0.2, 0) is 44.4 Å². The van der Waals surface area contributed by atoms with Gasteiger partial charge in [0.25, 0.3) is 0 Å². The van der Waals surface area contributed by atoms with Crippen molar-refractivity contribution in [3.05, 3.63) is 76.6 Å². The minimum Gasteiger partial charge on any atom is -0.489 e. The predicted molar refractivity (Wildman–Crippen MR) is 190 cm³/mol. The lowest BCUT2D eigenvalue weighted by Gasteiger charge is -2.36. The van der Waals surface area contributed by atoms with Crippen molar-refractivity contribution in [1.29, 1.82) is 0 Å². The normalized spacial score (nSPS) is 17.3. The third kappa shape index (κ3) is 12.4. The molecule has 3 aromatic rings. The molecule has 0 spiro atoms. The standard InChI is InChI=1S/C37H43F9N4O5S/c1-5-49(21-25-8-6-24(7-9-25)14-33(51)54-3)32-11-10-28(35(38,39)40)17-27(32)22-50(34-47-19-31(20-48-34)55-12-13-56(4,52)53)23(2)26-15-29(36(41,42)43)18-30(16-26)37(44,45)46/h10-11,15-20,23-25H,5-9,12-14,21-22H2,1-4H3/t23-,24-,25-/m1/s1. The van der Waals surface area contributed by atoms with Gasteiger partial charge in [0.2, 0.25) is 5.95 Å². The molecular weight excluding hydrogens is 783 g/mol. The number of rotatable bonds is 15. The molecule has 1 heterocycles. The van der Waals surface area contributed by atoms with Crippen LogP contribution in [0.5, 0.6) is 5.75 Å². The Bertz CT molecular complexity index is 1870. The molecule has 4 rings (SSSR count). The van der Waals surface area contributed by atoms with Gasteiger partial charge in [-0.15, -0.1) is 0 Å². The molecule has 0 unspecified atom stereocenters. The molecule has 1 aliphatic rings. The Balaban J connectivity index is 1.78. The Hall–Kier alpha value is -4.29. The van der Waals surface area contributed by atoms with Gasteiger partial charge in [0.15, 0.2) is 15.6 Å². The Kier molecular flexibility index (Phi) is 14.2. The van der Waals surface area contributed by atoms with Gasteiger partial charge >= 0.3 is 24.5 Å². The number of halogens is 9. The number of methoxy groups -OCH3 is 1. The molecule has 1 atom stereocenters. The van der Waals surface area contributed by atoms with Crippen LogP contribution in [0, 0.1) is 11.8 Å². The first kappa shape index (κ1) is 44.4. The average Bonchev–Trinajstić information content (AvgIpc) is 3.11. The minimum absolute atomic E-state index is 0.0124. The summed E-state index contributed by atoms with van der Waals surface area (Å²) in [5.74, 6) is -0.699. The summed E-state index contributed by atoms with van der Waals surface area (Å²) >= 11 is 0. The second-order valence-corrected chi connectivity index (χ2v) is 16.1. The number of nitrogens with zero attached hydrogens (tertiary/aromatic N) is 4. The summed E-state index contributed by atoms with van der Waals surface area (Å²) in [5, 5.41) is 0. The van der Waals surface area contributed by atoms with Gasteiger partial charge in [-0.25, -0.2) is 18.4 Å². The van der Waals surface area contributed by atoms with Crippen LogP contribution in [0.25, 0.3) is 0 Å². The number of benzene rings is 2. The smallest absolute Gasteiger partial charge is 0.416 e. The number of anilines is 2. The van der Waals surface area contributed by atoms with Gasteiger partial charge in [-0.2, -0.15) is 39.5 Å². The summed E-state index contributed by atoms with van der Waals surface area (Å²) in [5.41, 5.74) is -4.25. The van der Waals surface area contributed by atoms with Crippen molar-refractivity contribution < 1.29 is 62.2 Å². The maximum atomic E-state index is 14.2. The van der Waals surface area contributed by atoms with Crippen LogP contribution in [-0.4, -0.2) is 63.2 Å².